The van der Waals surface area contributed by atoms with Crippen LogP contribution in [0.25, 0.3) is 0 Å². The van der Waals surface area contributed by atoms with Gasteiger partial charge in [0.1, 0.15) is 0 Å². The lowest BCUT2D eigenvalue weighted by molar-refractivity contribution is -0.148. The third-order valence-corrected chi connectivity index (χ3v) is 7.85. The molecule has 2 saturated carbocycles. The van der Waals surface area contributed by atoms with Gasteiger partial charge in [-0.1, -0.05) is 25.7 Å². The fourth-order valence-electron chi connectivity index (χ4n) is 5.30. The molecule has 2 heterocycles. The van der Waals surface area contributed by atoms with Crippen LogP contribution in [0.15, 0.2) is 0 Å². The molecule has 1 amide bonds. The van der Waals surface area contributed by atoms with E-state index in [1.54, 1.807) is 0 Å². The molecule has 1 N–H and O–H groups in total. The highest BCUT2D eigenvalue weighted by Gasteiger charge is 2.53. The zero-order valence-electron chi connectivity index (χ0n) is 13.4. The lowest BCUT2D eigenvalue weighted by atomic mass is 9.67. The van der Waals surface area contributed by atoms with Crippen molar-refractivity contribution in [1.82, 2.24) is 10.2 Å². The van der Waals surface area contributed by atoms with Crippen LogP contribution < -0.4 is 5.32 Å². The Morgan fingerprint density at radius 3 is 2.86 bits per heavy atom. The summed E-state index contributed by atoms with van der Waals surface area (Å²) in [6.07, 6.45) is 10.2. The van der Waals surface area contributed by atoms with Crippen LogP contribution in [0.5, 0.6) is 0 Å². The molecule has 2 saturated heterocycles. The molecule has 0 spiro atoms. The van der Waals surface area contributed by atoms with Gasteiger partial charge >= 0.3 is 0 Å². The number of fused-ring (bicyclic) bond motifs is 2. The number of nitrogens with one attached hydrogen (secondary N) is 1. The molecule has 0 aromatic rings. The lowest BCUT2D eigenvalue weighted by Gasteiger charge is -2.48. The van der Waals surface area contributed by atoms with Gasteiger partial charge in [0.15, 0.2) is 0 Å². The van der Waals surface area contributed by atoms with Gasteiger partial charge in [-0.2, -0.15) is 11.8 Å². The summed E-state index contributed by atoms with van der Waals surface area (Å²) in [6, 6.07) is 0.544. The van der Waals surface area contributed by atoms with Crippen LogP contribution in [0.4, 0.5) is 0 Å². The molecule has 0 radical (unpaired) electrons. The van der Waals surface area contributed by atoms with Gasteiger partial charge in [-0.25, -0.2) is 0 Å². The SMILES string of the molecule is Cl.O=C(N1CCSC2CCCCC21)[C@@]12CCCC[C@H]1CNC2. The molecule has 126 valence electrons. The van der Waals surface area contributed by atoms with Crippen LogP contribution in [-0.4, -0.2) is 47.5 Å². The maximum Gasteiger partial charge on any atom is 0.230 e. The van der Waals surface area contributed by atoms with E-state index in [1.165, 1.54) is 44.9 Å². The Labute approximate surface area is 144 Å². The Kier molecular flexibility index (Phi) is 5.30. The van der Waals surface area contributed by atoms with Crippen molar-refractivity contribution in [2.75, 3.05) is 25.4 Å². The van der Waals surface area contributed by atoms with Crippen molar-refractivity contribution in [1.29, 1.82) is 0 Å². The zero-order valence-corrected chi connectivity index (χ0v) is 15.0. The molecule has 0 bridgehead atoms. The van der Waals surface area contributed by atoms with Gasteiger partial charge < -0.3 is 10.2 Å². The Morgan fingerprint density at radius 2 is 1.95 bits per heavy atom. The molecular formula is C17H29ClN2OS. The van der Waals surface area contributed by atoms with E-state index in [0.717, 1.165) is 37.1 Å². The number of rotatable bonds is 1. The van der Waals surface area contributed by atoms with Crippen molar-refractivity contribution in [3.05, 3.63) is 0 Å². The molecule has 4 aliphatic rings. The van der Waals surface area contributed by atoms with Crippen LogP contribution in [0.2, 0.25) is 0 Å². The standard InChI is InChI=1S/C17H28N2OS.ClH/c20-16(17-8-4-3-5-13(17)11-18-12-17)19-9-10-21-15-7-2-1-6-14(15)19;/h13-15,18H,1-12H2;1H/t13-,14?,15?,17+;/m0./s1. The molecule has 22 heavy (non-hydrogen) atoms. The van der Waals surface area contributed by atoms with Gasteiger partial charge in [-0.15, -0.1) is 12.4 Å². The van der Waals surface area contributed by atoms with Crippen molar-refractivity contribution < 1.29 is 4.79 Å². The van der Waals surface area contributed by atoms with Crippen molar-refractivity contribution in [3.8, 4) is 0 Å². The molecule has 4 rings (SSSR count). The number of hydrogen-bond donors (Lipinski definition) is 1. The van der Waals surface area contributed by atoms with Gasteiger partial charge in [0.05, 0.1) is 5.41 Å². The first-order chi connectivity index (χ1) is 10.3. The number of halogens is 1. The van der Waals surface area contributed by atoms with Gasteiger partial charge in [0.25, 0.3) is 0 Å². The van der Waals surface area contributed by atoms with Crippen molar-refractivity contribution in [3.63, 3.8) is 0 Å². The van der Waals surface area contributed by atoms with E-state index in [1.807, 2.05) is 0 Å². The van der Waals surface area contributed by atoms with Crippen LogP contribution in [0.1, 0.15) is 51.4 Å². The maximum atomic E-state index is 13.5. The van der Waals surface area contributed by atoms with E-state index < -0.39 is 0 Å². The first kappa shape index (κ1) is 16.9. The molecule has 5 heteroatoms. The van der Waals surface area contributed by atoms with E-state index in [9.17, 15) is 4.79 Å². The molecule has 2 aliphatic heterocycles. The van der Waals surface area contributed by atoms with Gasteiger partial charge in [0, 0.05) is 30.1 Å². The number of hydrogen-bond acceptors (Lipinski definition) is 3. The summed E-state index contributed by atoms with van der Waals surface area (Å²) in [5.74, 6) is 2.28. The van der Waals surface area contributed by atoms with Crippen molar-refractivity contribution >= 4 is 30.1 Å². The van der Waals surface area contributed by atoms with Crippen LogP contribution in [0.3, 0.4) is 0 Å². The van der Waals surface area contributed by atoms with Crippen LogP contribution in [-0.2, 0) is 4.79 Å². The minimum absolute atomic E-state index is 0. The Bertz CT molecular complexity index is 419. The van der Waals surface area contributed by atoms with Crippen molar-refractivity contribution in [2.45, 2.75) is 62.7 Å². The second-order valence-corrected chi connectivity index (χ2v) is 8.84. The third-order valence-electron chi connectivity index (χ3n) is 6.46. The summed E-state index contributed by atoms with van der Waals surface area (Å²) >= 11 is 2.13. The largest absolute Gasteiger partial charge is 0.337 e. The van der Waals surface area contributed by atoms with Crippen molar-refractivity contribution in [2.24, 2.45) is 11.3 Å². The molecular weight excluding hydrogens is 316 g/mol. The Hall–Kier alpha value is 0.0700. The minimum atomic E-state index is -0.0394. The molecule has 4 atom stereocenters. The summed E-state index contributed by atoms with van der Waals surface area (Å²) in [5.41, 5.74) is -0.0394. The number of thioether (sulfide) groups is 1. The summed E-state index contributed by atoms with van der Waals surface area (Å²) in [5, 5.41) is 4.27. The van der Waals surface area contributed by atoms with Crippen LogP contribution >= 0.6 is 24.2 Å². The second kappa shape index (κ2) is 6.90. The first-order valence-electron chi connectivity index (χ1n) is 8.95. The summed E-state index contributed by atoms with van der Waals surface area (Å²) in [7, 11) is 0. The number of nitrogens with zero attached hydrogens (tertiary/aromatic N) is 1. The summed E-state index contributed by atoms with van der Waals surface area (Å²) in [6.45, 7) is 3.01. The fourth-order valence-corrected chi connectivity index (χ4v) is 6.75. The zero-order chi connectivity index (χ0) is 14.3. The van der Waals surface area contributed by atoms with E-state index in [-0.39, 0.29) is 17.8 Å². The van der Waals surface area contributed by atoms with Gasteiger partial charge in [0.2, 0.25) is 5.91 Å². The second-order valence-electron chi connectivity index (χ2n) is 7.49. The third kappa shape index (κ3) is 2.69. The van der Waals surface area contributed by atoms with E-state index in [4.69, 9.17) is 0 Å². The highest BCUT2D eigenvalue weighted by Crippen LogP contribution is 2.47. The normalized spacial score (nSPS) is 41.3. The molecule has 2 unspecified atom stereocenters. The Morgan fingerprint density at radius 1 is 1.14 bits per heavy atom. The smallest absolute Gasteiger partial charge is 0.230 e. The number of carbonyl (C=O) groups is 1. The molecule has 2 aliphatic carbocycles. The molecule has 0 aromatic heterocycles. The monoisotopic (exact) mass is 344 g/mol. The predicted molar refractivity (Wildman–Crippen MR) is 94.7 cm³/mol. The first-order valence-corrected chi connectivity index (χ1v) is 9.99. The average Bonchev–Trinajstić information content (AvgIpc) is 2.99. The fraction of sp³-hybridized carbons (Fsp3) is 0.941. The minimum Gasteiger partial charge on any atom is -0.337 e. The van der Waals surface area contributed by atoms with E-state index in [2.05, 4.69) is 22.0 Å². The topological polar surface area (TPSA) is 32.3 Å². The number of amides is 1. The van der Waals surface area contributed by atoms with Gasteiger partial charge in [-0.3, -0.25) is 4.79 Å². The van der Waals surface area contributed by atoms with E-state index in [0.29, 0.717) is 17.9 Å². The van der Waals surface area contributed by atoms with Gasteiger partial charge in [-0.05, 0) is 38.1 Å². The van der Waals surface area contributed by atoms with E-state index >= 15 is 0 Å². The lowest BCUT2D eigenvalue weighted by Crippen LogP contribution is -2.58. The quantitative estimate of drug-likeness (QED) is 0.793. The van der Waals surface area contributed by atoms with Crippen LogP contribution in [0, 0.1) is 11.3 Å². The number of carbonyl (C=O) groups excluding carboxylic acids is 1. The molecule has 4 fully saturated rings. The Balaban J connectivity index is 0.00000144. The molecule has 0 aromatic carbocycles. The summed E-state index contributed by atoms with van der Waals surface area (Å²) in [4.78, 5) is 15.8. The maximum absolute atomic E-state index is 13.5. The highest BCUT2D eigenvalue weighted by atomic mass is 35.5. The molecule has 3 nitrogen and oxygen atoms in total. The average molecular weight is 345 g/mol. The highest BCUT2D eigenvalue weighted by molar-refractivity contribution is 8.00. The predicted octanol–water partition coefficient (Wildman–Crippen LogP) is 3.07. The summed E-state index contributed by atoms with van der Waals surface area (Å²) < 4.78 is 0.